The summed E-state index contributed by atoms with van der Waals surface area (Å²) in [7, 11) is 0. The van der Waals surface area contributed by atoms with Gasteiger partial charge in [0.2, 0.25) is 0 Å². The van der Waals surface area contributed by atoms with Gasteiger partial charge in [0.1, 0.15) is 11.6 Å². The molecule has 2 nitrogen and oxygen atoms in total. The van der Waals surface area contributed by atoms with Crippen LogP contribution in [-0.2, 0) is 10.2 Å². The monoisotopic (exact) mass is 229 g/mol. The van der Waals surface area contributed by atoms with Gasteiger partial charge >= 0.3 is 0 Å². The third-order valence-corrected chi connectivity index (χ3v) is 2.41. The lowest BCUT2D eigenvalue weighted by Crippen LogP contribution is -2.27. The Morgan fingerprint density at radius 1 is 1.25 bits per heavy atom. The summed E-state index contributed by atoms with van der Waals surface area (Å²) < 4.78 is 32.5. The third kappa shape index (κ3) is 2.70. The molecule has 16 heavy (non-hydrogen) atoms. The lowest BCUT2D eigenvalue weighted by molar-refractivity contribution is 0.102. The highest BCUT2D eigenvalue weighted by atomic mass is 19.1. The van der Waals surface area contributed by atoms with Crippen LogP contribution >= 0.6 is 0 Å². The Balaban J connectivity index is 3.11. The van der Waals surface area contributed by atoms with E-state index in [1.165, 1.54) is 0 Å². The van der Waals surface area contributed by atoms with Crippen molar-refractivity contribution in [3.05, 3.63) is 29.3 Å². The predicted octanol–water partition coefficient (Wildman–Crippen LogP) is 2.86. The van der Waals surface area contributed by atoms with Gasteiger partial charge in [-0.15, -0.1) is 0 Å². The highest BCUT2D eigenvalue weighted by Crippen LogP contribution is 2.30. The average molecular weight is 229 g/mol. The summed E-state index contributed by atoms with van der Waals surface area (Å²) >= 11 is 0. The third-order valence-electron chi connectivity index (χ3n) is 2.41. The number of benzene rings is 1. The smallest absolute Gasteiger partial charge is 0.132 e. The Kier molecular flexibility index (Phi) is 3.86. The number of halogens is 2. The van der Waals surface area contributed by atoms with E-state index in [9.17, 15) is 8.78 Å². The minimum Gasteiger partial charge on any atom is -0.399 e. The first-order chi connectivity index (χ1) is 7.38. The second kappa shape index (κ2) is 4.78. The molecule has 0 saturated heterocycles. The van der Waals surface area contributed by atoms with Crippen LogP contribution in [0.4, 0.5) is 14.5 Å². The van der Waals surface area contributed by atoms with E-state index in [1.807, 2.05) is 6.92 Å². The summed E-state index contributed by atoms with van der Waals surface area (Å²) in [5.41, 5.74) is 4.76. The molecule has 0 radical (unpaired) electrons. The summed E-state index contributed by atoms with van der Waals surface area (Å²) in [6.45, 7) is 6.09. The fourth-order valence-electron chi connectivity index (χ4n) is 1.67. The predicted molar refractivity (Wildman–Crippen MR) is 60.3 cm³/mol. The van der Waals surface area contributed by atoms with Crippen LogP contribution in [0.3, 0.4) is 0 Å². The van der Waals surface area contributed by atoms with E-state index in [1.54, 1.807) is 13.8 Å². The van der Waals surface area contributed by atoms with E-state index in [0.717, 1.165) is 12.1 Å². The van der Waals surface area contributed by atoms with Crippen LogP contribution in [0.15, 0.2) is 12.1 Å². The molecule has 2 N–H and O–H groups in total. The van der Waals surface area contributed by atoms with Gasteiger partial charge in [0.05, 0.1) is 6.61 Å². The van der Waals surface area contributed by atoms with Crippen LogP contribution in [0, 0.1) is 11.6 Å². The van der Waals surface area contributed by atoms with Gasteiger partial charge in [-0.3, -0.25) is 0 Å². The standard InChI is InChI=1S/C12H17F2NO/c1-4-16-7-12(2,3)11-9(13)5-8(15)6-10(11)14/h5-6H,4,7,15H2,1-3H3. The zero-order valence-electron chi connectivity index (χ0n) is 9.81. The molecule has 1 aromatic rings. The Bertz CT molecular complexity index is 354. The lowest BCUT2D eigenvalue weighted by Gasteiger charge is -2.26. The van der Waals surface area contributed by atoms with E-state index in [0.29, 0.717) is 6.61 Å². The number of anilines is 1. The lowest BCUT2D eigenvalue weighted by atomic mass is 9.84. The molecule has 0 heterocycles. The fraction of sp³-hybridized carbons (Fsp3) is 0.500. The number of ether oxygens (including phenoxy) is 1. The normalized spacial score (nSPS) is 11.8. The van der Waals surface area contributed by atoms with Crippen molar-refractivity contribution in [1.82, 2.24) is 0 Å². The Morgan fingerprint density at radius 2 is 1.75 bits per heavy atom. The van der Waals surface area contributed by atoms with E-state index in [2.05, 4.69) is 0 Å². The van der Waals surface area contributed by atoms with Gasteiger partial charge in [-0.1, -0.05) is 13.8 Å². The largest absolute Gasteiger partial charge is 0.399 e. The molecule has 0 atom stereocenters. The van der Waals surface area contributed by atoms with Gasteiger partial charge in [0, 0.05) is 23.3 Å². The average Bonchev–Trinajstić information content (AvgIpc) is 2.12. The number of hydrogen-bond acceptors (Lipinski definition) is 2. The van der Waals surface area contributed by atoms with Crippen LogP contribution in [-0.4, -0.2) is 13.2 Å². The molecule has 0 amide bonds. The van der Waals surface area contributed by atoms with E-state index in [-0.39, 0.29) is 17.9 Å². The molecule has 0 aliphatic heterocycles. The molecule has 90 valence electrons. The summed E-state index contributed by atoms with van der Waals surface area (Å²) in [6.07, 6.45) is 0. The van der Waals surface area contributed by atoms with Crippen LogP contribution in [0.2, 0.25) is 0 Å². The molecular weight excluding hydrogens is 212 g/mol. The van der Waals surface area contributed by atoms with Gasteiger partial charge in [0.15, 0.2) is 0 Å². The molecule has 0 aromatic heterocycles. The fourth-order valence-corrected chi connectivity index (χ4v) is 1.67. The van der Waals surface area contributed by atoms with Crippen molar-refractivity contribution in [3.8, 4) is 0 Å². The zero-order valence-corrected chi connectivity index (χ0v) is 9.81. The number of nitrogen functional groups attached to an aromatic ring is 1. The second-order valence-corrected chi connectivity index (χ2v) is 4.38. The molecule has 0 bridgehead atoms. The van der Waals surface area contributed by atoms with Gasteiger partial charge in [-0.05, 0) is 19.1 Å². The molecule has 1 rings (SSSR count). The van der Waals surface area contributed by atoms with Crippen molar-refractivity contribution < 1.29 is 13.5 Å². The topological polar surface area (TPSA) is 35.2 Å². The van der Waals surface area contributed by atoms with Crippen molar-refractivity contribution in [3.63, 3.8) is 0 Å². The molecule has 1 aromatic carbocycles. The molecule has 0 saturated carbocycles. The number of nitrogens with two attached hydrogens (primary N) is 1. The molecule has 0 aliphatic carbocycles. The summed E-state index contributed by atoms with van der Waals surface area (Å²) in [4.78, 5) is 0. The second-order valence-electron chi connectivity index (χ2n) is 4.38. The number of rotatable bonds is 4. The maximum absolute atomic E-state index is 13.7. The van der Waals surface area contributed by atoms with Gasteiger partial charge in [-0.25, -0.2) is 8.78 Å². The number of hydrogen-bond donors (Lipinski definition) is 1. The highest BCUT2D eigenvalue weighted by Gasteiger charge is 2.28. The van der Waals surface area contributed by atoms with Crippen LogP contribution in [0.25, 0.3) is 0 Å². The summed E-state index contributed by atoms with van der Waals surface area (Å²) in [5.74, 6) is -1.25. The summed E-state index contributed by atoms with van der Waals surface area (Å²) in [5, 5.41) is 0. The maximum atomic E-state index is 13.7. The Morgan fingerprint density at radius 3 is 2.19 bits per heavy atom. The molecule has 0 spiro atoms. The van der Waals surface area contributed by atoms with Gasteiger partial charge in [-0.2, -0.15) is 0 Å². The molecule has 0 aliphatic rings. The van der Waals surface area contributed by atoms with Crippen molar-refractivity contribution in [1.29, 1.82) is 0 Å². The minimum absolute atomic E-state index is 0.0233. The van der Waals surface area contributed by atoms with Crippen molar-refractivity contribution in [2.45, 2.75) is 26.2 Å². The zero-order chi connectivity index (χ0) is 12.3. The highest BCUT2D eigenvalue weighted by molar-refractivity contribution is 5.43. The molecule has 0 unspecified atom stereocenters. The Labute approximate surface area is 94.4 Å². The molecule has 4 heteroatoms. The van der Waals surface area contributed by atoms with E-state index < -0.39 is 17.0 Å². The SMILES string of the molecule is CCOCC(C)(C)c1c(F)cc(N)cc1F. The quantitative estimate of drug-likeness (QED) is 0.806. The molecular formula is C12H17F2NO. The van der Waals surface area contributed by atoms with Gasteiger partial charge in [0.25, 0.3) is 0 Å². The Hall–Kier alpha value is -1.16. The van der Waals surface area contributed by atoms with E-state index >= 15 is 0 Å². The summed E-state index contributed by atoms with van der Waals surface area (Å²) in [6, 6.07) is 2.26. The van der Waals surface area contributed by atoms with Crippen LogP contribution in [0.5, 0.6) is 0 Å². The van der Waals surface area contributed by atoms with Gasteiger partial charge < -0.3 is 10.5 Å². The minimum atomic E-state index is -0.710. The van der Waals surface area contributed by atoms with Crippen LogP contribution < -0.4 is 5.73 Å². The maximum Gasteiger partial charge on any atom is 0.132 e. The first-order valence-electron chi connectivity index (χ1n) is 5.21. The van der Waals surface area contributed by atoms with Crippen molar-refractivity contribution in [2.24, 2.45) is 0 Å². The first kappa shape index (κ1) is 12.9. The molecule has 0 fully saturated rings. The first-order valence-corrected chi connectivity index (χ1v) is 5.21. The van der Waals surface area contributed by atoms with Crippen molar-refractivity contribution >= 4 is 5.69 Å². The van der Waals surface area contributed by atoms with Crippen molar-refractivity contribution in [2.75, 3.05) is 18.9 Å². The van der Waals surface area contributed by atoms with Crippen LogP contribution in [0.1, 0.15) is 26.3 Å². The van der Waals surface area contributed by atoms with E-state index in [4.69, 9.17) is 10.5 Å².